The SMILES string of the molecule is CC(NCCN)C1CNCCN1. The van der Waals surface area contributed by atoms with Gasteiger partial charge in [0.2, 0.25) is 0 Å². The molecular weight excluding hydrogens is 152 g/mol. The van der Waals surface area contributed by atoms with E-state index in [1.807, 2.05) is 0 Å². The van der Waals surface area contributed by atoms with E-state index in [2.05, 4.69) is 22.9 Å². The molecule has 1 aliphatic heterocycles. The zero-order valence-corrected chi connectivity index (χ0v) is 7.77. The predicted octanol–water partition coefficient (Wildman–Crippen LogP) is -1.52. The average Bonchev–Trinajstić information content (AvgIpc) is 2.15. The summed E-state index contributed by atoms with van der Waals surface area (Å²) in [7, 11) is 0. The fourth-order valence-electron chi connectivity index (χ4n) is 1.48. The Morgan fingerprint density at radius 1 is 1.58 bits per heavy atom. The first-order valence-electron chi connectivity index (χ1n) is 4.72. The highest BCUT2D eigenvalue weighted by Crippen LogP contribution is 1.93. The predicted molar refractivity (Wildman–Crippen MR) is 51.2 cm³/mol. The summed E-state index contributed by atoms with van der Waals surface area (Å²) >= 11 is 0. The van der Waals surface area contributed by atoms with E-state index in [4.69, 9.17) is 5.73 Å². The Hall–Kier alpha value is -0.160. The van der Waals surface area contributed by atoms with E-state index in [1.54, 1.807) is 0 Å². The zero-order chi connectivity index (χ0) is 8.81. The lowest BCUT2D eigenvalue weighted by Crippen LogP contribution is -2.57. The second-order valence-corrected chi connectivity index (χ2v) is 3.30. The average molecular weight is 172 g/mol. The lowest BCUT2D eigenvalue weighted by Gasteiger charge is -2.30. The smallest absolute Gasteiger partial charge is 0.0344 e. The van der Waals surface area contributed by atoms with Gasteiger partial charge in [0.15, 0.2) is 0 Å². The molecule has 0 aromatic rings. The fraction of sp³-hybridized carbons (Fsp3) is 1.00. The molecule has 0 aromatic carbocycles. The van der Waals surface area contributed by atoms with Crippen LogP contribution in [0.4, 0.5) is 0 Å². The van der Waals surface area contributed by atoms with Gasteiger partial charge in [-0.2, -0.15) is 0 Å². The summed E-state index contributed by atoms with van der Waals surface area (Å²) < 4.78 is 0. The van der Waals surface area contributed by atoms with Gasteiger partial charge in [0.25, 0.3) is 0 Å². The van der Waals surface area contributed by atoms with E-state index in [0.29, 0.717) is 18.6 Å². The zero-order valence-electron chi connectivity index (χ0n) is 7.77. The van der Waals surface area contributed by atoms with Crippen LogP contribution in [-0.4, -0.2) is 44.8 Å². The van der Waals surface area contributed by atoms with Gasteiger partial charge < -0.3 is 21.7 Å². The molecule has 1 saturated heterocycles. The van der Waals surface area contributed by atoms with Crippen molar-refractivity contribution >= 4 is 0 Å². The van der Waals surface area contributed by atoms with E-state index < -0.39 is 0 Å². The minimum Gasteiger partial charge on any atom is -0.329 e. The summed E-state index contributed by atoms with van der Waals surface area (Å²) in [5, 5.41) is 10.2. The van der Waals surface area contributed by atoms with Gasteiger partial charge in [-0.15, -0.1) is 0 Å². The maximum Gasteiger partial charge on any atom is 0.0344 e. The van der Waals surface area contributed by atoms with Crippen LogP contribution in [0, 0.1) is 0 Å². The molecule has 5 N–H and O–H groups in total. The van der Waals surface area contributed by atoms with Crippen LogP contribution in [0.2, 0.25) is 0 Å². The standard InChI is InChI=1S/C8H20N4/c1-7(11-3-2-9)8-6-10-4-5-12-8/h7-8,10-12H,2-6,9H2,1H3. The van der Waals surface area contributed by atoms with Crippen molar-refractivity contribution in [2.24, 2.45) is 5.73 Å². The molecule has 0 saturated carbocycles. The third-order valence-corrected chi connectivity index (χ3v) is 2.29. The Kier molecular flexibility index (Phi) is 4.53. The molecule has 1 heterocycles. The van der Waals surface area contributed by atoms with Gasteiger partial charge in [-0.3, -0.25) is 0 Å². The molecule has 0 radical (unpaired) electrons. The van der Waals surface area contributed by atoms with Crippen LogP contribution in [0.5, 0.6) is 0 Å². The first-order valence-corrected chi connectivity index (χ1v) is 4.72. The molecule has 72 valence electrons. The molecule has 1 aliphatic rings. The summed E-state index contributed by atoms with van der Waals surface area (Å²) in [6.07, 6.45) is 0. The summed E-state index contributed by atoms with van der Waals surface area (Å²) in [4.78, 5) is 0. The van der Waals surface area contributed by atoms with Gasteiger partial charge >= 0.3 is 0 Å². The Balaban J connectivity index is 2.15. The molecule has 4 nitrogen and oxygen atoms in total. The normalized spacial score (nSPS) is 27.0. The van der Waals surface area contributed by atoms with Gasteiger partial charge in [0, 0.05) is 44.8 Å². The van der Waals surface area contributed by atoms with Gasteiger partial charge in [0.1, 0.15) is 0 Å². The second-order valence-electron chi connectivity index (χ2n) is 3.30. The molecule has 12 heavy (non-hydrogen) atoms. The minimum atomic E-state index is 0.501. The van der Waals surface area contributed by atoms with Crippen LogP contribution < -0.4 is 21.7 Å². The molecule has 2 atom stereocenters. The maximum atomic E-state index is 5.41. The van der Waals surface area contributed by atoms with E-state index in [-0.39, 0.29) is 0 Å². The molecule has 0 amide bonds. The summed E-state index contributed by atoms with van der Waals surface area (Å²) in [5.74, 6) is 0. The molecule has 1 fully saturated rings. The molecule has 2 unspecified atom stereocenters. The Morgan fingerprint density at radius 2 is 2.42 bits per heavy atom. The Labute approximate surface area is 74.3 Å². The largest absolute Gasteiger partial charge is 0.329 e. The molecule has 0 bridgehead atoms. The van der Waals surface area contributed by atoms with Gasteiger partial charge in [0.05, 0.1) is 0 Å². The number of hydrogen-bond acceptors (Lipinski definition) is 4. The van der Waals surface area contributed by atoms with Crippen LogP contribution in [-0.2, 0) is 0 Å². The highest BCUT2D eigenvalue weighted by molar-refractivity contribution is 4.84. The van der Waals surface area contributed by atoms with Crippen LogP contribution >= 0.6 is 0 Å². The third-order valence-electron chi connectivity index (χ3n) is 2.29. The van der Waals surface area contributed by atoms with Crippen molar-refractivity contribution in [1.29, 1.82) is 0 Å². The second kappa shape index (κ2) is 5.48. The highest BCUT2D eigenvalue weighted by atomic mass is 15.1. The van der Waals surface area contributed by atoms with Gasteiger partial charge in [-0.25, -0.2) is 0 Å². The lowest BCUT2D eigenvalue weighted by molar-refractivity contribution is 0.341. The van der Waals surface area contributed by atoms with Crippen LogP contribution in [0.1, 0.15) is 6.92 Å². The topological polar surface area (TPSA) is 62.1 Å². The number of rotatable bonds is 4. The van der Waals surface area contributed by atoms with E-state index in [1.165, 1.54) is 0 Å². The molecular formula is C8H20N4. The number of hydrogen-bond donors (Lipinski definition) is 4. The van der Waals surface area contributed by atoms with Gasteiger partial charge in [-0.1, -0.05) is 0 Å². The molecule has 4 heteroatoms. The van der Waals surface area contributed by atoms with Crippen molar-refractivity contribution in [2.45, 2.75) is 19.0 Å². The van der Waals surface area contributed by atoms with Crippen molar-refractivity contribution < 1.29 is 0 Å². The fourth-order valence-corrected chi connectivity index (χ4v) is 1.48. The highest BCUT2D eigenvalue weighted by Gasteiger charge is 2.17. The van der Waals surface area contributed by atoms with Crippen molar-refractivity contribution in [3.05, 3.63) is 0 Å². The van der Waals surface area contributed by atoms with Crippen molar-refractivity contribution in [3.8, 4) is 0 Å². The minimum absolute atomic E-state index is 0.501. The number of nitrogens with two attached hydrogens (primary N) is 1. The van der Waals surface area contributed by atoms with Crippen LogP contribution in [0.25, 0.3) is 0 Å². The molecule has 0 spiro atoms. The first-order chi connectivity index (χ1) is 5.84. The molecule has 1 rings (SSSR count). The van der Waals surface area contributed by atoms with Crippen molar-refractivity contribution in [1.82, 2.24) is 16.0 Å². The number of nitrogens with one attached hydrogen (secondary N) is 3. The third kappa shape index (κ3) is 3.06. The monoisotopic (exact) mass is 172 g/mol. The van der Waals surface area contributed by atoms with E-state index in [0.717, 1.165) is 26.2 Å². The molecule has 0 aliphatic carbocycles. The van der Waals surface area contributed by atoms with Crippen LogP contribution in [0.3, 0.4) is 0 Å². The summed E-state index contributed by atoms with van der Waals surface area (Å²) in [6.45, 7) is 7.02. The quantitative estimate of drug-likeness (QED) is 0.416. The first kappa shape index (κ1) is 9.92. The van der Waals surface area contributed by atoms with E-state index in [9.17, 15) is 0 Å². The maximum absolute atomic E-state index is 5.41. The lowest BCUT2D eigenvalue weighted by atomic mass is 10.1. The summed E-state index contributed by atoms with van der Waals surface area (Å²) in [5.41, 5.74) is 5.41. The van der Waals surface area contributed by atoms with Crippen molar-refractivity contribution in [2.75, 3.05) is 32.7 Å². The van der Waals surface area contributed by atoms with Crippen molar-refractivity contribution in [3.63, 3.8) is 0 Å². The Bertz CT molecular complexity index is 112. The van der Waals surface area contributed by atoms with E-state index >= 15 is 0 Å². The number of piperazine rings is 1. The van der Waals surface area contributed by atoms with Crippen LogP contribution in [0.15, 0.2) is 0 Å². The van der Waals surface area contributed by atoms with Gasteiger partial charge in [-0.05, 0) is 6.92 Å². The molecule has 0 aromatic heterocycles. The Morgan fingerprint density at radius 3 is 3.00 bits per heavy atom. The summed E-state index contributed by atoms with van der Waals surface area (Å²) in [6, 6.07) is 1.05.